The molecule has 1 aliphatic carbocycles. The molecule has 0 heterocycles. The SMILES string of the molecule is CC(Nc1ccc(Br)cc1)C(=O)NC1CCCC1. The van der Waals surface area contributed by atoms with E-state index in [0.717, 1.165) is 23.0 Å². The highest BCUT2D eigenvalue weighted by molar-refractivity contribution is 9.10. The Morgan fingerprint density at radius 2 is 1.89 bits per heavy atom. The number of benzene rings is 1. The molecular formula is C14H19BrN2O. The molecule has 0 aromatic heterocycles. The summed E-state index contributed by atoms with van der Waals surface area (Å²) in [5.41, 5.74) is 0.965. The van der Waals surface area contributed by atoms with Gasteiger partial charge in [-0.25, -0.2) is 0 Å². The van der Waals surface area contributed by atoms with E-state index in [1.54, 1.807) is 0 Å². The summed E-state index contributed by atoms with van der Waals surface area (Å²) in [7, 11) is 0. The van der Waals surface area contributed by atoms with Crippen LogP contribution in [0, 0.1) is 0 Å². The van der Waals surface area contributed by atoms with Crippen molar-refractivity contribution in [1.82, 2.24) is 5.32 Å². The minimum atomic E-state index is -0.202. The van der Waals surface area contributed by atoms with Gasteiger partial charge in [0.2, 0.25) is 5.91 Å². The van der Waals surface area contributed by atoms with Crippen LogP contribution >= 0.6 is 15.9 Å². The van der Waals surface area contributed by atoms with Gasteiger partial charge in [-0.2, -0.15) is 0 Å². The van der Waals surface area contributed by atoms with Crippen molar-refractivity contribution in [1.29, 1.82) is 0 Å². The minimum absolute atomic E-state index is 0.0878. The maximum atomic E-state index is 12.0. The fourth-order valence-electron chi connectivity index (χ4n) is 2.26. The molecule has 1 aromatic carbocycles. The number of carbonyl (C=O) groups is 1. The third-order valence-corrected chi connectivity index (χ3v) is 3.85. The quantitative estimate of drug-likeness (QED) is 0.896. The molecule has 0 saturated heterocycles. The second kappa shape index (κ2) is 6.23. The summed E-state index contributed by atoms with van der Waals surface area (Å²) >= 11 is 3.39. The zero-order chi connectivity index (χ0) is 13.0. The largest absolute Gasteiger partial charge is 0.374 e. The van der Waals surface area contributed by atoms with Gasteiger partial charge in [0, 0.05) is 16.2 Å². The Morgan fingerprint density at radius 1 is 1.28 bits per heavy atom. The summed E-state index contributed by atoms with van der Waals surface area (Å²) in [5, 5.41) is 6.31. The highest BCUT2D eigenvalue weighted by atomic mass is 79.9. The predicted molar refractivity (Wildman–Crippen MR) is 77.6 cm³/mol. The van der Waals surface area contributed by atoms with Gasteiger partial charge in [-0.15, -0.1) is 0 Å². The maximum Gasteiger partial charge on any atom is 0.242 e. The van der Waals surface area contributed by atoms with E-state index in [1.165, 1.54) is 12.8 Å². The van der Waals surface area contributed by atoms with E-state index in [0.29, 0.717) is 6.04 Å². The van der Waals surface area contributed by atoms with Crippen molar-refractivity contribution in [3.63, 3.8) is 0 Å². The van der Waals surface area contributed by atoms with Crippen LogP contribution < -0.4 is 10.6 Å². The Labute approximate surface area is 116 Å². The Hall–Kier alpha value is -1.03. The van der Waals surface area contributed by atoms with Crippen LogP contribution in [0.3, 0.4) is 0 Å². The van der Waals surface area contributed by atoms with Gasteiger partial charge in [0.15, 0.2) is 0 Å². The van der Waals surface area contributed by atoms with Crippen LogP contribution in [0.1, 0.15) is 32.6 Å². The molecule has 1 amide bonds. The van der Waals surface area contributed by atoms with E-state index in [9.17, 15) is 4.79 Å². The van der Waals surface area contributed by atoms with E-state index in [4.69, 9.17) is 0 Å². The monoisotopic (exact) mass is 310 g/mol. The van der Waals surface area contributed by atoms with Crippen LogP contribution in [0.2, 0.25) is 0 Å². The summed E-state index contributed by atoms with van der Waals surface area (Å²) < 4.78 is 1.04. The lowest BCUT2D eigenvalue weighted by atomic mass is 10.2. The standard InChI is InChI=1S/C14H19BrN2O/c1-10(14(18)17-12-4-2-3-5-12)16-13-8-6-11(15)7-9-13/h6-10,12,16H,2-5H2,1H3,(H,17,18). The molecule has 1 aromatic rings. The van der Waals surface area contributed by atoms with Crippen LogP contribution in [0.15, 0.2) is 28.7 Å². The van der Waals surface area contributed by atoms with E-state index in [-0.39, 0.29) is 11.9 Å². The molecule has 2 N–H and O–H groups in total. The Morgan fingerprint density at radius 3 is 2.50 bits per heavy atom. The summed E-state index contributed by atoms with van der Waals surface area (Å²) in [5.74, 6) is 0.0878. The van der Waals surface area contributed by atoms with Crippen molar-refractivity contribution in [2.75, 3.05) is 5.32 Å². The lowest BCUT2D eigenvalue weighted by molar-refractivity contribution is -0.122. The Balaban J connectivity index is 1.84. The first-order valence-corrected chi connectivity index (χ1v) is 7.27. The molecule has 3 nitrogen and oxygen atoms in total. The van der Waals surface area contributed by atoms with Crippen molar-refractivity contribution < 1.29 is 4.79 Å². The first kappa shape index (κ1) is 13.4. The molecule has 0 spiro atoms. The molecule has 98 valence electrons. The van der Waals surface area contributed by atoms with Gasteiger partial charge in [-0.1, -0.05) is 28.8 Å². The van der Waals surface area contributed by atoms with Gasteiger partial charge in [0.25, 0.3) is 0 Å². The van der Waals surface area contributed by atoms with Crippen LogP contribution in [0.4, 0.5) is 5.69 Å². The number of hydrogen-bond acceptors (Lipinski definition) is 2. The van der Waals surface area contributed by atoms with Gasteiger partial charge >= 0.3 is 0 Å². The normalized spacial score (nSPS) is 17.4. The number of anilines is 1. The molecular weight excluding hydrogens is 292 g/mol. The van der Waals surface area contributed by atoms with Crippen LogP contribution in [-0.4, -0.2) is 18.0 Å². The highest BCUT2D eigenvalue weighted by Crippen LogP contribution is 2.18. The van der Waals surface area contributed by atoms with Crippen molar-refractivity contribution in [2.24, 2.45) is 0 Å². The second-order valence-electron chi connectivity index (χ2n) is 4.86. The summed E-state index contributed by atoms with van der Waals surface area (Å²) in [4.78, 5) is 12.0. The fourth-order valence-corrected chi connectivity index (χ4v) is 2.52. The van der Waals surface area contributed by atoms with Gasteiger partial charge in [0.1, 0.15) is 6.04 Å². The van der Waals surface area contributed by atoms with Crippen LogP contribution in [-0.2, 0) is 4.79 Å². The molecule has 18 heavy (non-hydrogen) atoms. The van der Waals surface area contributed by atoms with Crippen LogP contribution in [0.25, 0.3) is 0 Å². The van der Waals surface area contributed by atoms with E-state index in [2.05, 4.69) is 26.6 Å². The number of nitrogens with one attached hydrogen (secondary N) is 2. The molecule has 0 radical (unpaired) electrons. The van der Waals surface area contributed by atoms with E-state index >= 15 is 0 Å². The van der Waals surface area contributed by atoms with E-state index in [1.807, 2.05) is 31.2 Å². The molecule has 4 heteroatoms. The van der Waals surface area contributed by atoms with Crippen LogP contribution in [0.5, 0.6) is 0 Å². The van der Waals surface area contributed by atoms with Gasteiger partial charge in [-0.05, 0) is 44.0 Å². The predicted octanol–water partition coefficient (Wildman–Crippen LogP) is 3.31. The van der Waals surface area contributed by atoms with Gasteiger partial charge in [-0.3, -0.25) is 4.79 Å². The summed E-state index contributed by atoms with van der Waals surface area (Å²) in [6, 6.07) is 8.03. The molecule has 0 aliphatic heterocycles. The molecule has 1 aliphatic rings. The number of hydrogen-bond donors (Lipinski definition) is 2. The number of amides is 1. The zero-order valence-electron chi connectivity index (χ0n) is 10.6. The number of rotatable bonds is 4. The van der Waals surface area contributed by atoms with Crippen molar-refractivity contribution >= 4 is 27.5 Å². The Kier molecular flexibility index (Phi) is 4.64. The second-order valence-corrected chi connectivity index (χ2v) is 5.78. The first-order valence-electron chi connectivity index (χ1n) is 6.47. The maximum absolute atomic E-state index is 12.0. The fraction of sp³-hybridized carbons (Fsp3) is 0.500. The first-order chi connectivity index (χ1) is 8.65. The lowest BCUT2D eigenvalue weighted by Crippen LogP contribution is -2.42. The number of carbonyl (C=O) groups excluding carboxylic acids is 1. The van der Waals surface area contributed by atoms with E-state index < -0.39 is 0 Å². The summed E-state index contributed by atoms with van der Waals surface area (Å²) in [6.45, 7) is 1.90. The number of halogens is 1. The molecule has 1 atom stereocenters. The molecule has 1 fully saturated rings. The highest BCUT2D eigenvalue weighted by Gasteiger charge is 2.20. The van der Waals surface area contributed by atoms with Gasteiger partial charge < -0.3 is 10.6 Å². The van der Waals surface area contributed by atoms with Crippen molar-refractivity contribution in [3.8, 4) is 0 Å². The topological polar surface area (TPSA) is 41.1 Å². The van der Waals surface area contributed by atoms with Gasteiger partial charge in [0.05, 0.1) is 0 Å². The Bertz CT molecular complexity index is 399. The minimum Gasteiger partial charge on any atom is -0.374 e. The molecule has 1 unspecified atom stereocenters. The molecule has 1 saturated carbocycles. The van der Waals surface area contributed by atoms with Crippen molar-refractivity contribution in [2.45, 2.75) is 44.7 Å². The summed E-state index contributed by atoms with van der Waals surface area (Å²) in [6.07, 6.45) is 4.71. The lowest BCUT2D eigenvalue weighted by Gasteiger charge is -2.18. The zero-order valence-corrected chi connectivity index (χ0v) is 12.2. The molecule has 0 bridgehead atoms. The average molecular weight is 311 g/mol. The third-order valence-electron chi connectivity index (χ3n) is 3.32. The average Bonchev–Trinajstić information content (AvgIpc) is 2.85. The van der Waals surface area contributed by atoms with Crippen molar-refractivity contribution in [3.05, 3.63) is 28.7 Å². The smallest absolute Gasteiger partial charge is 0.242 e. The molecule has 2 rings (SSSR count). The third kappa shape index (κ3) is 3.73.